The lowest BCUT2D eigenvalue weighted by atomic mass is 9.84. The molecule has 46 heavy (non-hydrogen) atoms. The first kappa shape index (κ1) is 29.1. The molecule has 0 amide bonds. The normalized spacial score (nSPS) is 12.8. The minimum absolute atomic E-state index is 0.794. The van der Waals surface area contributed by atoms with E-state index >= 15 is 0 Å². The molecular formula is C44H36P2. The molecule has 0 fully saturated rings. The predicted molar refractivity (Wildman–Crippen MR) is 203 cm³/mol. The van der Waals surface area contributed by atoms with Crippen LogP contribution in [0.5, 0.6) is 0 Å². The third-order valence-electron chi connectivity index (χ3n) is 9.21. The molecule has 1 aliphatic carbocycles. The summed E-state index contributed by atoms with van der Waals surface area (Å²) in [5, 5.41) is 11.2. The summed E-state index contributed by atoms with van der Waals surface area (Å²) in [6.45, 7) is 0. The van der Waals surface area contributed by atoms with E-state index in [2.05, 4.69) is 170 Å². The van der Waals surface area contributed by atoms with Crippen LogP contribution in [-0.4, -0.2) is 0 Å². The Labute approximate surface area is 275 Å². The van der Waals surface area contributed by atoms with Crippen LogP contribution in [0.25, 0.3) is 21.9 Å². The van der Waals surface area contributed by atoms with Gasteiger partial charge in [-0.2, -0.15) is 0 Å². The summed E-state index contributed by atoms with van der Waals surface area (Å²) in [5.74, 6) is 0. The Kier molecular flexibility index (Phi) is 8.33. The maximum Gasteiger partial charge on any atom is -0.00122 e. The lowest BCUT2D eigenvalue weighted by molar-refractivity contribution is 0.687. The number of hydrogen-bond acceptors (Lipinski definition) is 0. The van der Waals surface area contributed by atoms with Gasteiger partial charge in [0.15, 0.2) is 0 Å². The molecule has 0 saturated heterocycles. The molecule has 1 aliphatic rings. The Balaban J connectivity index is 1.50. The van der Waals surface area contributed by atoms with Crippen LogP contribution >= 0.6 is 15.8 Å². The highest BCUT2D eigenvalue weighted by atomic mass is 31.1. The van der Waals surface area contributed by atoms with Gasteiger partial charge in [0.1, 0.15) is 0 Å². The molecule has 0 aromatic heterocycles. The van der Waals surface area contributed by atoms with Gasteiger partial charge in [-0.05, 0) is 106 Å². The summed E-state index contributed by atoms with van der Waals surface area (Å²) < 4.78 is 0. The largest absolute Gasteiger partial charge is 0.0622 e. The van der Waals surface area contributed by atoms with Crippen molar-refractivity contribution in [2.24, 2.45) is 0 Å². The molecule has 8 rings (SSSR count). The molecule has 0 nitrogen and oxygen atoms in total. The van der Waals surface area contributed by atoms with Crippen LogP contribution in [0.2, 0.25) is 0 Å². The summed E-state index contributed by atoms with van der Waals surface area (Å²) in [6, 6.07) is 63.8. The number of benzene rings is 7. The van der Waals surface area contributed by atoms with Gasteiger partial charge in [0.2, 0.25) is 0 Å². The average molecular weight is 627 g/mol. The zero-order chi connectivity index (χ0) is 30.7. The van der Waals surface area contributed by atoms with E-state index in [0.29, 0.717) is 0 Å². The van der Waals surface area contributed by atoms with Crippen molar-refractivity contribution in [2.75, 3.05) is 0 Å². The van der Waals surface area contributed by atoms with Gasteiger partial charge < -0.3 is 0 Å². The van der Waals surface area contributed by atoms with Crippen LogP contribution in [0, 0.1) is 0 Å². The first-order valence-corrected chi connectivity index (χ1v) is 19.0. The van der Waals surface area contributed by atoms with Gasteiger partial charge in [0.05, 0.1) is 0 Å². The van der Waals surface area contributed by atoms with Gasteiger partial charge in [0, 0.05) is 0 Å². The Morgan fingerprint density at radius 3 is 1.33 bits per heavy atom. The summed E-state index contributed by atoms with van der Waals surface area (Å²) in [7, 11) is -1.60. The summed E-state index contributed by atoms with van der Waals surface area (Å²) >= 11 is 0. The molecule has 7 aromatic carbocycles. The molecule has 2 heteroatoms. The molecule has 0 unspecified atom stereocenters. The van der Waals surface area contributed by atoms with E-state index in [1.165, 1.54) is 72.1 Å². The molecule has 0 bridgehead atoms. The summed E-state index contributed by atoms with van der Waals surface area (Å²) in [6.07, 6.45) is 4.79. The van der Waals surface area contributed by atoms with Gasteiger partial charge in [0.25, 0.3) is 0 Å². The van der Waals surface area contributed by atoms with Gasteiger partial charge in [-0.15, -0.1) is 0 Å². The first-order chi connectivity index (χ1) is 22.9. The molecule has 0 saturated carbocycles. The first-order valence-electron chi connectivity index (χ1n) is 16.3. The average Bonchev–Trinajstić information content (AvgIpc) is 3.14. The second kappa shape index (κ2) is 13.2. The van der Waals surface area contributed by atoms with Crippen molar-refractivity contribution in [3.8, 4) is 11.1 Å². The molecule has 0 heterocycles. The zero-order valence-electron chi connectivity index (χ0n) is 25.9. The quantitative estimate of drug-likeness (QED) is 0.155. The molecule has 0 atom stereocenters. The SMILES string of the molecule is c1ccc(P(c2ccccc2)c2ccc3c(c2-c2c(P(c4ccccc4)c4ccccc4)ccc4ccccc24)CCCC3)cc1. The van der Waals surface area contributed by atoms with E-state index < -0.39 is 15.8 Å². The van der Waals surface area contributed by atoms with Crippen molar-refractivity contribution in [1.82, 2.24) is 0 Å². The Morgan fingerprint density at radius 1 is 0.348 bits per heavy atom. The van der Waals surface area contributed by atoms with E-state index in [-0.39, 0.29) is 0 Å². The van der Waals surface area contributed by atoms with Crippen molar-refractivity contribution in [3.05, 3.63) is 181 Å². The van der Waals surface area contributed by atoms with Crippen molar-refractivity contribution in [2.45, 2.75) is 25.7 Å². The van der Waals surface area contributed by atoms with E-state index in [9.17, 15) is 0 Å². The van der Waals surface area contributed by atoms with Crippen LogP contribution in [0.4, 0.5) is 0 Å². The van der Waals surface area contributed by atoms with E-state index in [1.54, 1.807) is 5.56 Å². The minimum atomic E-state index is -0.810. The van der Waals surface area contributed by atoms with Crippen LogP contribution < -0.4 is 31.8 Å². The highest BCUT2D eigenvalue weighted by Crippen LogP contribution is 2.46. The molecule has 0 aliphatic heterocycles. The predicted octanol–water partition coefficient (Wildman–Crippen LogP) is 8.90. The van der Waals surface area contributed by atoms with Crippen LogP contribution in [0.15, 0.2) is 170 Å². The van der Waals surface area contributed by atoms with E-state index in [1.807, 2.05) is 0 Å². The third-order valence-corrected chi connectivity index (χ3v) is 14.2. The fourth-order valence-corrected chi connectivity index (χ4v) is 12.1. The third kappa shape index (κ3) is 5.52. The molecule has 7 aromatic rings. The van der Waals surface area contributed by atoms with Crippen LogP contribution in [-0.2, 0) is 12.8 Å². The minimum Gasteiger partial charge on any atom is -0.0622 e. The monoisotopic (exact) mass is 626 g/mol. The summed E-state index contributed by atoms with van der Waals surface area (Å²) in [5.41, 5.74) is 6.02. The fourth-order valence-electron chi connectivity index (χ4n) is 7.15. The maximum atomic E-state index is 2.50. The van der Waals surface area contributed by atoms with Crippen molar-refractivity contribution >= 4 is 58.4 Å². The number of fused-ring (bicyclic) bond motifs is 2. The lowest BCUT2D eigenvalue weighted by Crippen LogP contribution is -2.27. The number of hydrogen-bond donors (Lipinski definition) is 0. The van der Waals surface area contributed by atoms with Gasteiger partial charge in [-0.25, -0.2) is 0 Å². The summed E-state index contributed by atoms with van der Waals surface area (Å²) in [4.78, 5) is 0. The molecular weight excluding hydrogens is 590 g/mol. The highest BCUT2D eigenvalue weighted by Gasteiger charge is 2.29. The van der Waals surface area contributed by atoms with E-state index in [0.717, 1.165) is 12.8 Å². The Bertz CT molecular complexity index is 2010. The fraction of sp³-hybridized carbons (Fsp3) is 0.0909. The molecule has 0 N–H and O–H groups in total. The number of aryl methyl sites for hydroxylation is 1. The molecule has 222 valence electrons. The second-order valence-electron chi connectivity index (χ2n) is 12.0. The maximum absolute atomic E-state index is 2.50. The topological polar surface area (TPSA) is 0 Å². The van der Waals surface area contributed by atoms with Gasteiger partial charge in [-0.1, -0.05) is 170 Å². The molecule has 0 radical (unpaired) electrons. The smallest absolute Gasteiger partial charge is 0.00122 e. The van der Waals surface area contributed by atoms with Crippen molar-refractivity contribution in [1.29, 1.82) is 0 Å². The van der Waals surface area contributed by atoms with Crippen LogP contribution in [0.1, 0.15) is 24.0 Å². The van der Waals surface area contributed by atoms with Crippen molar-refractivity contribution in [3.63, 3.8) is 0 Å². The lowest BCUT2D eigenvalue weighted by Gasteiger charge is -2.31. The molecule has 0 spiro atoms. The highest BCUT2D eigenvalue weighted by molar-refractivity contribution is 7.80. The standard InChI is InChI=1S/C44H36P2/c1-5-19-35(20-6-1)45(36-21-7-2-8-22-36)41-31-29-33-17-13-15-27-39(33)43(41)44-40-28-16-14-18-34(40)30-32-42(44)46(37-23-9-3-10-24-37)38-25-11-4-12-26-38/h1-13,15,17,19-27,29-32H,14,16,18,28H2. The Hall–Kier alpha value is -4.34. The Morgan fingerprint density at radius 2 is 0.783 bits per heavy atom. The number of rotatable bonds is 7. The van der Waals surface area contributed by atoms with Gasteiger partial charge in [-0.3, -0.25) is 0 Å². The second-order valence-corrected chi connectivity index (χ2v) is 16.4. The zero-order valence-corrected chi connectivity index (χ0v) is 27.7. The van der Waals surface area contributed by atoms with Crippen molar-refractivity contribution < 1.29 is 0 Å². The van der Waals surface area contributed by atoms with Crippen LogP contribution in [0.3, 0.4) is 0 Å². The van der Waals surface area contributed by atoms with E-state index in [4.69, 9.17) is 0 Å². The van der Waals surface area contributed by atoms with Gasteiger partial charge >= 0.3 is 0 Å².